The van der Waals surface area contributed by atoms with Gasteiger partial charge in [0.1, 0.15) is 5.82 Å². The van der Waals surface area contributed by atoms with Crippen LogP contribution in [0.4, 0.5) is 17.2 Å². The lowest BCUT2D eigenvalue weighted by molar-refractivity contribution is 0.589. The number of piperazine rings is 1. The van der Waals surface area contributed by atoms with Crippen molar-refractivity contribution in [2.45, 2.75) is 6.92 Å². The summed E-state index contributed by atoms with van der Waals surface area (Å²) in [6, 6.07) is 12.1. The van der Waals surface area contributed by atoms with Gasteiger partial charge in [-0.3, -0.25) is 4.79 Å². The molecule has 6 nitrogen and oxygen atoms in total. The highest BCUT2D eigenvalue weighted by atomic mass is 16.1. The van der Waals surface area contributed by atoms with Gasteiger partial charge >= 0.3 is 0 Å². The molecule has 0 radical (unpaired) electrons. The largest absolute Gasteiger partial charge is 0.369 e. The van der Waals surface area contributed by atoms with Crippen LogP contribution in [0, 0.1) is 6.92 Å². The number of hydrogen-bond donors (Lipinski definition) is 3. The molecule has 0 atom stereocenters. The second-order valence-corrected chi connectivity index (χ2v) is 6.29. The molecule has 1 saturated heterocycles. The number of nitrogens with zero attached hydrogens (tertiary/aromatic N) is 2. The maximum Gasteiger partial charge on any atom is 0.259 e. The molecular formula is C19H21N5O. The van der Waals surface area contributed by atoms with E-state index < -0.39 is 0 Å². The van der Waals surface area contributed by atoms with Gasteiger partial charge in [0.05, 0.1) is 5.39 Å². The Bertz CT molecular complexity index is 942. The lowest BCUT2D eigenvalue weighted by Gasteiger charge is -2.29. The molecule has 0 saturated carbocycles. The molecule has 4 rings (SSSR count). The first-order valence-electron chi connectivity index (χ1n) is 8.52. The molecule has 0 spiro atoms. The van der Waals surface area contributed by atoms with Crippen molar-refractivity contribution < 1.29 is 0 Å². The molecule has 0 bridgehead atoms. The SMILES string of the molecule is Cc1cc2cc[nH]c(=O)c2c(Nc2ccc(N3CCNCC3)cc2)n1. The van der Waals surface area contributed by atoms with Crippen molar-refractivity contribution >= 4 is 28.0 Å². The van der Waals surface area contributed by atoms with E-state index in [2.05, 4.69) is 37.6 Å². The molecule has 0 unspecified atom stereocenters. The van der Waals surface area contributed by atoms with Gasteiger partial charge < -0.3 is 20.5 Å². The highest BCUT2D eigenvalue weighted by Crippen LogP contribution is 2.24. The fraction of sp³-hybridized carbons (Fsp3) is 0.263. The van der Waals surface area contributed by atoms with E-state index in [4.69, 9.17) is 0 Å². The van der Waals surface area contributed by atoms with Crippen molar-refractivity contribution in [1.29, 1.82) is 0 Å². The second-order valence-electron chi connectivity index (χ2n) is 6.29. The van der Waals surface area contributed by atoms with Crippen molar-refractivity contribution in [3.8, 4) is 0 Å². The number of anilines is 3. The Morgan fingerprint density at radius 2 is 1.88 bits per heavy atom. The van der Waals surface area contributed by atoms with E-state index >= 15 is 0 Å². The molecule has 128 valence electrons. The summed E-state index contributed by atoms with van der Waals surface area (Å²) in [7, 11) is 0. The van der Waals surface area contributed by atoms with E-state index in [1.54, 1.807) is 6.20 Å². The quantitative estimate of drug-likeness (QED) is 0.685. The number of H-pyrrole nitrogens is 1. The molecule has 1 fully saturated rings. The van der Waals surface area contributed by atoms with Crippen molar-refractivity contribution in [3.63, 3.8) is 0 Å². The van der Waals surface area contributed by atoms with Crippen molar-refractivity contribution in [2.75, 3.05) is 36.4 Å². The average molecular weight is 335 g/mol. The van der Waals surface area contributed by atoms with Gasteiger partial charge in [-0.25, -0.2) is 4.98 Å². The zero-order chi connectivity index (χ0) is 17.2. The third kappa shape index (κ3) is 3.21. The molecule has 2 aromatic heterocycles. The van der Waals surface area contributed by atoms with Crippen molar-refractivity contribution in [3.05, 3.63) is 58.6 Å². The molecule has 3 heterocycles. The number of aromatic nitrogens is 2. The fourth-order valence-corrected chi connectivity index (χ4v) is 3.25. The topological polar surface area (TPSA) is 73.1 Å². The minimum atomic E-state index is -0.134. The summed E-state index contributed by atoms with van der Waals surface area (Å²) in [5.41, 5.74) is 2.87. The molecule has 6 heteroatoms. The minimum absolute atomic E-state index is 0.134. The van der Waals surface area contributed by atoms with E-state index in [0.717, 1.165) is 42.9 Å². The molecule has 1 aliphatic heterocycles. The first-order valence-corrected chi connectivity index (χ1v) is 8.52. The van der Waals surface area contributed by atoms with Crippen LogP contribution in [0.2, 0.25) is 0 Å². The van der Waals surface area contributed by atoms with Gasteiger partial charge in [-0.05, 0) is 48.7 Å². The van der Waals surface area contributed by atoms with E-state index in [-0.39, 0.29) is 5.56 Å². The Hall–Kier alpha value is -2.86. The monoisotopic (exact) mass is 335 g/mol. The molecule has 1 aliphatic rings. The first-order chi connectivity index (χ1) is 12.2. The van der Waals surface area contributed by atoms with Crippen LogP contribution in [-0.4, -0.2) is 36.1 Å². The number of hydrogen-bond acceptors (Lipinski definition) is 5. The third-order valence-corrected chi connectivity index (χ3v) is 4.49. The maximum atomic E-state index is 12.2. The first kappa shape index (κ1) is 15.7. The summed E-state index contributed by atoms with van der Waals surface area (Å²) >= 11 is 0. The number of pyridine rings is 2. The van der Waals surface area contributed by atoms with Crippen LogP contribution in [0.5, 0.6) is 0 Å². The van der Waals surface area contributed by atoms with Gasteiger partial charge in [0.15, 0.2) is 0 Å². The summed E-state index contributed by atoms with van der Waals surface area (Å²) in [6.07, 6.45) is 1.66. The molecule has 25 heavy (non-hydrogen) atoms. The standard InChI is InChI=1S/C19H21N5O/c1-13-12-14-6-7-21-19(25)17(14)18(22-13)23-15-2-4-16(5-3-15)24-10-8-20-9-11-24/h2-7,12,20H,8-11H2,1H3,(H,21,25)(H,22,23). The molecule has 1 aromatic carbocycles. The third-order valence-electron chi connectivity index (χ3n) is 4.49. The van der Waals surface area contributed by atoms with E-state index in [9.17, 15) is 4.79 Å². The van der Waals surface area contributed by atoms with Gasteiger partial charge in [-0.15, -0.1) is 0 Å². The Kier molecular flexibility index (Phi) is 4.11. The van der Waals surface area contributed by atoms with Gasteiger partial charge in [0, 0.05) is 49.4 Å². The Balaban J connectivity index is 1.64. The van der Waals surface area contributed by atoms with Gasteiger partial charge in [0.25, 0.3) is 5.56 Å². The lowest BCUT2D eigenvalue weighted by Crippen LogP contribution is -2.43. The predicted molar refractivity (Wildman–Crippen MR) is 102 cm³/mol. The van der Waals surface area contributed by atoms with Crippen molar-refractivity contribution in [1.82, 2.24) is 15.3 Å². The molecule has 3 aromatic rings. The van der Waals surface area contributed by atoms with Crippen LogP contribution >= 0.6 is 0 Å². The molecular weight excluding hydrogens is 314 g/mol. The Labute approximate surface area is 145 Å². The van der Waals surface area contributed by atoms with Crippen molar-refractivity contribution in [2.24, 2.45) is 0 Å². The van der Waals surface area contributed by atoms with Crippen LogP contribution in [0.25, 0.3) is 10.8 Å². The number of fused-ring (bicyclic) bond motifs is 1. The smallest absolute Gasteiger partial charge is 0.259 e. The van der Waals surface area contributed by atoms with Crippen LogP contribution in [0.3, 0.4) is 0 Å². The number of benzene rings is 1. The minimum Gasteiger partial charge on any atom is -0.369 e. The van der Waals surface area contributed by atoms with Gasteiger partial charge in [-0.1, -0.05) is 0 Å². The number of rotatable bonds is 3. The van der Waals surface area contributed by atoms with Gasteiger partial charge in [-0.2, -0.15) is 0 Å². The summed E-state index contributed by atoms with van der Waals surface area (Å²) in [4.78, 5) is 21.8. The average Bonchev–Trinajstić information content (AvgIpc) is 2.63. The summed E-state index contributed by atoms with van der Waals surface area (Å²) in [5.74, 6) is 0.590. The van der Waals surface area contributed by atoms with Crippen LogP contribution in [-0.2, 0) is 0 Å². The van der Waals surface area contributed by atoms with Gasteiger partial charge in [0.2, 0.25) is 0 Å². The van der Waals surface area contributed by atoms with E-state index in [0.29, 0.717) is 11.2 Å². The van der Waals surface area contributed by atoms with E-state index in [1.807, 2.05) is 31.2 Å². The number of aryl methyl sites for hydroxylation is 1. The summed E-state index contributed by atoms with van der Waals surface area (Å²) < 4.78 is 0. The Morgan fingerprint density at radius 3 is 2.64 bits per heavy atom. The zero-order valence-electron chi connectivity index (χ0n) is 14.2. The highest BCUT2D eigenvalue weighted by molar-refractivity contribution is 5.92. The number of aromatic amines is 1. The second kappa shape index (κ2) is 6.57. The highest BCUT2D eigenvalue weighted by Gasteiger charge is 2.11. The molecule has 3 N–H and O–H groups in total. The van der Waals surface area contributed by atoms with Crippen LogP contribution in [0.15, 0.2) is 47.4 Å². The zero-order valence-corrected chi connectivity index (χ0v) is 14.2. The fourth-order valence-electron chi connectivity index (χ4n) is 3.25. The lowest BCUT2D eigenvalue weighted by atomic mass is 10.1. The molecule has 0 aliphatic carbocycles. The summed E-state index contributed by atoms with van der Waals surface area (Å²) in [6.45, 7) is 6.00. The summed E-state index contributed by atoms with van der Waals surface area (Å²) in [5, 5.41) is 8.13. The molecule has 0 amide bonds. The number of nitrogens with one attached hydrogen (secondary N) is 3. The van der Waals surface area contributed by atoms with E-state index in [1.165, 1.54) is 5.69 Å². The van der Waals surface area contributed by atoms with Crippen LogP contribution < -0.4 is 21.1 Å². The Morgan fingerprint density at radius 1 is 1.12 bits per heavy atom. The predicted octanol–water partition coefficient (Wildman–Crippen LogP) is 2.38. The normalized spacial score (nSPS) is 14.7. The maximum absolute atomic E-state index is 12.2. The van der Waals surface area contributed by atoms with Crippen LogP contribution in [0.1, 0.15) is 5.69 Å².